The van der Waals surface area contributed by atoms with Gasteiger partial charge in [-0.1, -0.05) is 18.2 Å². The zero-order chi connectivity index (χ0) is 14.0. The van der Waals surface area contributed by atoms with Crippen LogP contribution in [0.3, 0.4) is 0 Å². The molecule has 19 heavy (non-hydrogen) atoms. The van der Waals surface area contributed by atoms with E-state index in [0.717, 1.165) is 29.1 Å². The van der Waals surface area contributed by atoms with Crippen molar-refractivity contribution < 1.29 is 4.79 Å². The molecular weight excluding hydrogens is 238 g/mol. The Kier molecular flexibility index (Phi) is 3.69. The molecule has 0 fully saturated rings. The molecule has 1 heterocycles. The van der Waals surface area contributed by atoms with Crippen LogP contribution in [-0.2, 0) is 6.54 Å². The summed E-state index contributed by atoms with van der Waals surface area (Å²) in [5.74, 6) is -0.160. The zero-order valence-corrected chi connectivity index (χ0v) is 11.8. The summed E-state index contributed by atoms with van der Waals surface area (Å²) in [6.07, 6.45) is 0. The van der Waals surface area contributed by atoms with Crippen molar-refractivity contribution in [2.75, 3.05) is 5.32 Å². The van der Waals surface area contributed by atoms with E-state index in [2.05, 4.69) is 10.4 Å². The number of amides is 1. The van der Waals surface area contributed by atoms with Gasteiger partial charge in [0, 0.05) is 17.9 Å². The first-order chi connectivity index (χ1) is 9.02. The molecule has 2 rings (SSSR count). The van der Waals surface area contributed by atoms with Gasteiger partial charge in [0.25, 0.3) is 5.91 Å². The highest BCUT2D eigenvalue weighted by molar-refractivity contribution is 6.03. The van der Waals surface area contributed by atoms with Crippen molar-refractivity contribution >= 4 is 11.6 Å². The quantitative estimate of drug-likeness (QED) is 0.918. The molecule has 0 saturated heterocycles. The second kappa shape index (κ2) is 5.26. The van der Waals surface area contributed by atoms with Gasteiger partial charge in [-0.25, -0.2) is 0 Å². The van der Waals surface area contributed by atoms with Crippen molar-refractivity contribution in [1.82, 2.24) is 9.78 Å². The maximum absolute atomic E-state index is 12.2. The van der Waals surface area contributed by atoms with Crippen LogP contribution in [0, 0.1) is 20.8 Å². The molecule has 0 bridgehead atoms. The number of aryl methyl sites for hydroxylation is 4. The van der Waals surface area contributed by atoms with Crippen LogP contribution >= 0.6 is 0 Å². The van der Waals surface area contributed by atoms with Crippen LogP contribution in [0.25, 0.3) is 0 Å². The topological polar surface area (TPSA) is 46.9 Å². The number of anilines is 1. The number of hydrogen-bond donors (Lipinski definition) is 1. The fraction of sp³-hybridized carbons (Fsp3) is 0.333. The third kappa shape index (κ3) is 2.67. The Hall–Kier alpha value is -2.10. The molecule has 1 amide bonds. The van der Waals surface area contributed by atoms with E-state index in [0.29, 0.717) is 5.69 Å². The molecule has 0 spiro atoms. The third-order valence-corrected chi connectivity index (χ3v) is 3.23. The van der Waals surface area contributed by atoms with Gasteiger partial charge in [-0.2, -0.15) is 5.10 Å². The summed E-state index contributed by atoms with van der Waals surface area (Å²) >= 11 is 0. The maximum Gasteiger partial charge on any atom is 0.276 e. The van der Waals surface area contributed by atoms with E-state index in [1.54, 1.807) is 0 Å². The first-order valence-electron chi connectivity index (χ1n) is 6.45. The van der Waals surface area contributed by atoms with Crippen molar-refractivity contribution in [3.8, 4) is 0 Å². The monoisotopic (exact) mass is 257 g/mol. The lowest BCUT2D eigenvalue weighted by molar-refractivity contribution is 0.102. The zero-order valence-electron chi connectivity index (χ0n) is 11.8. The van der Waals surface area contributed by atoms with E-state index in [1.807, 2.05) is 56.6 Å². The van der Waals surface area contributed by atoms with E-state index >= 15 is 0 Å². The summed E-state index contributed by atoms with van der Waals surface area (Å²) in [4.78, 5) is 12.2. The molecular formula is C15H19N3O. The summed E-state index contributed by atoms with van der Waals surface area (Å²) in [5.41, 5.74) is 4.44. The van der Waals surface area contributed by atoms with E-state index in [-0.39, 0.29) is 5.91 Å². The molecule has 0 radical (unpaired) electrons. The lowest BCUT2D eigenvalue weighted by Gasteiger charge is -2.10. The van der Waals surface area contributed by atoms with Gasteiger partial charge >= 0.3 is 0 Å². The fourth-order valence-corrected chi connectivity index (χ4v) is 2.13. The summed E-state index contributed by atoms with van der Waals surface area (Å²) < 4.78 is 1.82. The van der Waals surface area contributed by atoms with E-state index in [9.17, 15) is 4.79 Å². The van der Waals surface area contributed by atoms with Gasteiger partial charge < -0.3 is 5.32 Å². The van der Waals surface area contributed by atoms with Gasteiger partial charge in [0.05, 0.1) is 0 Å². The average molecular weight is 257 g/mol. The molecule has 1 N–H and O–H groups in total. The number of aromatic nitrogens is 2. The number of carbonyl (C=O) groups excluding carboxylic acids is 1. The highest BCUT2D eigenvalue weighted by atomic mass is 16.1. The van der Waals surface area contributed by atoms with Gasteiger partial charge in [-0.05, 0) is 44.9 Å². The number of carbonyl (C=O) groups is 1. The Morgan fingerprint density at radius 3 is 2.42 bits per heavy atom. The summed E-state index contributed by atoms with van der Waals surface area (Å²) in [6, 6.07) is 7.76. The molecule has 0 saturated carbocycles. The SMILES string of the molecule is CCn1nc(C(=O)Nc2c(C)cccc2C)cc1C. The van der Waals surface area contributed by atoms with Gasteiger partial charge in [-0.15, -0.1) is 0 Å². The number of nitrogens with zero attached hydrogens (tertiary/aromatic N) is 2. The van der Waals surface area contributed by atoms with Crippen molar-refractivity contribution in [3.05, 3.63) is 46.8 Å². The standard InChI is InChI=1S/C15H19N3O/c1-5-18-12(4)9-13(17-18)15(19)16-14-10(2)7-6-8-11(14)3/h6-9H,5H2,1-4H3,(H,16,19). The molecule has 1 aromatic heterocycles. The van der Waals surface area contributed by atoms with Crippen LogP contribution in [0.1, 0.15) is 34.2 Å². The molecule has 4 nitrogen and oxygen atoms in total. The second-order valence-corrected chi connectivity index (χ2v) is 4.71. The first-order valence-corrected chi connectivity index (χ1v) is 6.45. The molecule has 0 aliphatic carbocycles. The largest absolute Gasteiger partial charge is 0.320 e. The van der Waals surface area contributed by atoms with Gasteiger partial charge in [0.15, 0.2) is 5.69 Å². The molecule has 0 unspecified atom stereocenters. The minimum atomic E-state index is -0.160. The van der Waals surface area contributed by atoms with Crippen LogP contribution in [-0.4, -0.2) is 15.7 Å². The fourth-order valence-electron chi connectivity index (χ4n) is 2.13. The van der Waals surface area contributed by atoms with Crippen molar-refractivity contribution in [2.45, 2.75) is 34.2 Å². The first kappa shape index (κ1) is 13.3. The molecule has 2 aromatic rings. The van der Waals surface area contributed by atoms with Crippen molar-refractivity contribution in [3.63, 3.8) is 0 Å². The van der Waals surface area contributed by atoms with E-state index in [4.69, 9.17) is 0 Å². The molecule has 0 aliphatic heterocycles. The molecule has 100 valence electrons. The Bertz CT molecular complexity index is 594. The van der Waals surface area contributed by atoms with Crippen LogP contribution in [0.5, 0.6) is 0 Å². The van der Waals surface area contributed by atoms with Gasteiger partial charge in [0.1, 0.15) is 0 Å². The summed E-state index contributed by atoms with van der Waals surface area (Å²) in [7, 11) is 0. The summed E-state index contributed by atoms with van der Waals surface area (Å²) in [6.45, 7) is 8.69. The smallest absolute Gasteiger partial charge is 0.276 e. The molecule has 4 heteroatoms. The lowest BCUT2D eigenvalue weighted by atomic mass is 10.1. The van der Waals surface area contributed by atoms with Crippen molar-refractivity contribution in [2.24, 2.45) is 0 Å². The van der Waals surface area contributed by atoms with Crippen LogP contribution < -0.4 is 5.32 Å². The van der Waals surface area contributed by atoms with Gasteiger partial charge in [-0.3, -0.25) is 9.48 Å². The highest BCUT2D eigenvalue weighted by Crippen LogP contribution is 2.20. The number of rotatable bonds is 3. The lowest BCUT2D eigenvalue weighted by Crippen LogP contribution is -2.15. The second-order valence-electron chi connectivity index (χ2n) is 4.71. The average Bonchev–Trinajstić information content (AvgIpc) is 2.75. The Balaban J connectivity index is 2.25. The summed E-state index contributed by atoms with van der Waals surface area (Å²) in [5, 5.41) is 7.23. The maximum atomic E-state index is 12.2. The Morgan fingerprint density at radius 2 is 1.89 bits per heavy atom. The van der Waals surface area contributed by atoms with Crippen LogP contribution in [0.4, 0.5) is 5.69 Å². The van der Waals surface area contributed by atoms with Crippen molar-refractivity contribution in [1.29, 1.82) is 0 Å². The normalized spacial score (nSPS) is 10.5. The predicted molar refractivity (Wildman–Crippen MR) is 76.5 cm³/mol. The highest BCUT2D eigenvalue weighted by Gasteiger charge is 2.13. The minimum Gasteiger partial charge on any atom is -0.320 e. The number of nitrogens with one attached hydrogen (secondary N) is 1. The van der Waals surface area contributed by atoms with E-state index < -0.39 is 0 Å². The Labute approximate surface area is 113 Å². The molecule has 0 aliphatic rings. The third-order valence-electron chi connectivity index (χ3n) is 3.23. The van der Waals surface area contributed by atoms with Gasteiger partial charge in [0.2, 0.25) is 0 Å². The molecule has 0 atom stereocenters. The number of hydrogen-bond acceptors (Lipinski definition) is 2. The van der Waals surface area contributed by atoms with Crippen LogP contribution in [0.2, 0.25) is 0 Å². The number of para-hydroxylation sites is 1. The molecule has 1 aromatic carbocycles. The Morgan fingerprint density at radius 1 is 1.26 bits per heavy atom. The van der Waals surface area contributed by atoms with Crippen LogP contribution in [0.15, 0.2) is 24.3 Å². The minimum absolute atomic E-state index is 0.160. The number of benzene rings is 1. The predicted octanol–water partition coefficient (Wildman–Crippen LogP) is 3.08. The van der Waals surface area contributed by atoms with E-state index in [1.165, 1.54) is 0 Å².